The van der Waals surface area contributed by atoms with Crippen molar-refractivity contribution in [1.29, 1.82) is 0 Å². The predicted octanol–water partition coefficient (Wildman–Crippen LogP) is 4.05. The van der Waals surface area contributed by atoms with Crippen molar-refractivity contribution >= 4 is 17.6 Å². The Hall–Kier alpha value is -2.18. The minimum Gasteiger partial charge on any atom is -0.340 e. The molecule has 148 valence electrons. The highest BCUT2D eigenvalue weighted by molar-refractivity contribution is 5.96. The third-order valence-corrected chi connectivity index (χ3v) is 5.59. The molecule has 1 saturated carbocycles. The quantitative estimate of drug-likeness (QED) is 0.832. The fourth-order valence-electron chi connectivity index (χ4n) is 4.19. The van der Waals surface area contributed by atoms with Gasteiger partial charge in [-0.3, -0.25) is 4.79 Å². The first-order valence-electron chi connectivity index (χ1n) is 9.73. The van der Waals surface area contributed by atoms with Crippen molar-refractivity contribution in [3.63, 3.8) is 0 Å². The minimum atomic E-state index is -0.949. The van der Waals surface area contributed by atoms with Crippen LogP contribution in [0.4, 0.5) is 19.3 Å². The molecular weight excluding hydrogens is 352 g/mol. The number of halogens is 2. The second-order valence-electron chi connectivity index (χ2n) is 7.84. The van der Waals surface area contributed by atoms with Crippen LogP contribution in [0.1, 0.15) is 51.9 Å². The van der Waals surface area contributed by atoms with Gasteiger partial charge in [-0.25, -0.2) is 13.6 Å². The number of hydrogen-bond acceptors (Lipinski definition) is 2. The highest BCUT2D eigenvalue weighted by Gasteiger charge is 2.44. The van der Waals surface area contributed by atoms with Gasteiger partial charge < -0.3 is 15.5 Å². The van der Waals surface area contributed by atoms with Gasteiger partial charge in [-0.1, -0.05) is 26.2 Å². The van der Waals surface area contributed by atoms with E-state index in [1.807, 2.05) is 4.90 Å². The molecule has 1 aliphatic carbocycles. The maximum atomic E-state index is 13.8. The van der Waals surface area contributed by atoms with Crippen LogP contribution in [0.25, 0.3) is 0 Å². The van der Waals surface area contributed by atoms with E-state index in [1.54, 1.807) is 0 Å². The van der Waals surface area contributed by atoms with Gasteiger partial charge in [0.05, 0.1) is 5.69 Å². The highest BCUT2D eigenvalue weighted by atomic mass is 19.1. The van der Waals surface area contributed by atoms with Gasteiger partial charge in [-0.2, -0.15) is 0 Å². The van der Waals surface area contributed by atoms with E-state index >= 15 is 0 Å². The van der Waals surface area contributed by atoms with Crippen LogP contribution in [-0.4, -0.2) is 35.5 Å². The lowest BCUT2D eigenvalue weighted by atomic mass is 9.80. The Morgan fingerprint density at radius 3 is 2.56 bits per heavy atom. The van der Waals surface area contributed by atoms with Crippen LogP contribution in [-0.2, 0) is 4.79 Å². The molecule has 27 heavy (non-hydrogen) atoms. The normalized spacial score (nSPS) is 22.2. The first-order valence-corrected chi connectivity index (χ1v) is 9.73. The fraction of sp³-hybridized carbons (Fsp3) is 0.600. The Kier molecular flexibility index (Phi) is 5.97. The predicted molar refractivity (Wildman–Crippen MR) is 99.3 cm³/mol. The number of likely N-dealkylation sites (tertiary alicyclic amines) is 1. The van der Waals surface area contributed by atoms with Crippen LogP contribution in [0.5, 0.6) is 0 Å². The summed E-state index contributed by atoms with van der Waals surface area (Å²) in [6, 6.07) is 2.33. The second-order valence-corrected chi connectivity index (χ2v) is 7.84. The average Bonchev–Trinajstić information content (AvgIpc) is 2.64. The number of carbonyl (C=O) groups is 2. The Labute approximate surface area is 158 Å². The Bertz CT molecular complexity index is 704. The molecule has 1 aromatic carbocycles. The summed E-state index contributed by atoms with van der Waals surface area (Å²) in [4.78, 5) is 27.7. The molecule has 1 heterocycles. The zero-order valence-corrected chi connectivity index (χ0v) is 15.7. The fourth-order valence-corrected chi connectivity index (χ4v) is 4.19. The third kappa shape index (κ3) is 4.57. The lowest BCUT2D eigenvalue weighted by Crippen LogP contribution is -2.62. The molecular formula is C20H27F2N3O2. The number of rotatable bonds is 3. The van der Waals surface area contributed by atoms with E-state index < -0.39 is 23.2 Å². The molecule has 2 fully saturated rings. The molecule has 1 aliphatic heterocycles. The average molecular weight is 379 g/mol. The summed E-state index contributed by atoms with van der Waals surface area (Å²) in [5.41, 5.74) is -1.06. The van der Waals surface area contributed by atoms with E-state index in [2.05, 4.69) is 17.6 Å². The Morgan fingerprint density at radius 1 is 1.15 bits per heavy atom. The molecule has 3 amide bonds. The number of hydrogen-bond donors (Lipinski definition) is 2. The molecule has 1 atom stereocenters. The van der Waals surface area contributed by atoms with E-state index in [1.165, 1.54) is 6.07 Å². The summed E-state index contributed by atoms with van der Waals surface area (Å²) < 4.78 is 26.9. The number of nitrogens with one attached hydrogen (secondary N) is 2. The maximum Gasteiger partial charge on any atom is 0.320 e. The lowest BCUT2D eigenvalue weighted by Gasteiger charge is -2.42. The van der Waals surface area contributed by atoms with Gasteiger partial charge in [0.15, 0.2) is 0 Å². The number of nitrogens with zero attached hydrogens (tertiary/aromatic N) is 1. The van der Waals surface area contributed by atoms with Crippen LogP contribution in [0, 0.1) is 17.6 Å². The van der Waals surface area contributed by atoms with Crippen LogP contribution in [0.2, 0.25) is 0 Å². The van der Waals surface area contributed by atoms with Gasteiger partial charge in [0.25, 0.3) is 0 Å². The molecule has 0 aromatic heterocycles. The maximum absolute atomic E-state index is 13.8. The number of urea groups is 1. The van der Waals surface area contributed by atoms with Crippen molar-refractivity contribution in [2.24, 2.45) is 5.92 Å². The van der Waals surface area contributed by atoms with Crippen LogP contribution >= 0.6 is 0 Å². The standard InChI is InChI=1S/C20H27F2N3O2/c1-14-6-5-11-25(13-14)18(26)20(9-3-2-4-10-20)24-19(27)23-17-8-7-15(21)12-16(17)22/h7-8,12,14H,2-6,9-11,13H2,1H3,(H2,23,24,27)/t14-/m1/s1. The molecule has 0 spiro atoms. The minimum absolute atomic E-state index is 0.0384. The molecule has 7 heteroatoms. The van der Waals surface area contributed by atoms with Crippen molar-refractivity contribution in [3.05, 3.63) is 29.8 Å². The van der Waals surface area contributed by atoms with Crippen molar-refractivity contribution in [1.82, 2.24) is 10.2 Å². The van der Waals surface area contributed by atoms with E-state index in [-0.39, 0.29) is 11.6 Å². The van der Waals surface area contributed by atoms with Crippen molar-refractivity contribution in [2.45, 2.75) is 57.4 Å². The number of piperidine rings is 1. The monoisotopic (exact) mass is 379 g/mol. The molecule has 1 aromatic rings. The Morgan fingerprint density at radius 2 is 1.89 bits per heavy atom. The molecule has 0 radical (unpaired) electrons. The topological polar surface area (TPSA) is 61.4 Å². The molecule has 1 saturated heterocycles. The summed E-state index contributed by atoms with van der Waals surface area (Å²) in [6.45, 7) is 3.54. The summed E-state index contributed by atoms with van der Waals surface area (Å²) >= 11 is 0. The van der Waals surface area contributed by atoms with Crippen LogP contribution in [0.15, 0.2) is 18.2 Å². The van der Waals surface area contributed by atoms with Gasteiger partial charge in [-0.15, -0.1) is 0 Å². The molecule has 2 N–H and O–H groups in total. The van der Waals surface area contributed by atoms with Crippen LogP contribution in [0.3, 0.4) is 0 Å². The Balaban J connectivity index is 1.73. The zero-order chi connectivity index (χ0) is 19.4. The third-order valence-electron chi connectivity index (χ3n) is 5.59. The summed E-state index contributed by atoms with van der Waals surface area (Å²) in [6.07, 6.45) is 5.98. The van der Waals surface area contributed by atoms with E-state index in [0.717, 1.165) is 38.2 Å². The van der Waals surface area contributed by atoms with Gasteiger partial charge in [0.1, 0.15) is 17.2 Å². The summed E-state index contributed by atoms with van der Waals surface area (Å²) in [5.74, 6) is -1.15. The largest absolute Gasteiger partial charge is 0.340 e. The van der Waals surface area contributed by atoms with Crippen molar-refractivity contribution in [3.8, 4) is 0 Å². The van der Waals surface area contributed by atoms with E-state index in [9.17, 15) is 18.4 Å². The first-order chi connectivity index (χ1) is 12.9. The van der Waals surface area contributed by atoms with E-state index in [0.29, 0.717) is 37.9 Å². The summed E-state index contributed by atoms with van der Waals surface area (Å²) in [7, 11) is 0. The van der Waals surface area contributed by atoms with Crippen LogP contribution < -0.4 is 10.6 Å². The number of amides is 3. The molecule has 5 nitrogen and oxygen atoms in total. The molecule has 2 aliphatic rings. The number of carbonyl (C=O) groups excluding carboxylic acids is 2. The SMILES string of the molecule is C[C@@H]1CCCN(C(=O)C2(NC(=O)Nc3ccc(F)cc3F)CCCCC2)C1. The second kappa shape index (κ2) is 8.23. The lowest BCUT2D eigenvalue weighted by molar-refractivity contribution is -0.141. The molecule has 0 bridgehead atoms. The number of benzene rings is 1. The van der Waals surface area contributed by atoms with Gasteiger partial charge >= 0.3 is 6.03 Å². The van der Waals surface area contributed by atoms with Crippen molar-refractivity contribution in [2.75, 3.05) is 18.4 Å². The van der Waals surface area contributed by atoms with Gasteiger partial charge in [0.2, 0.25) is 5.91 Å². The van der Waals surface area contributed by atoms with E-state index in [4.69, 9.17) is 0 Å². The van der Waals surface area contributed by atoms with Crippen molar-refractivity contribution < 1.29 is 18.4 Å². The zero-order valence-electron chi connectivity index (χ0n) is 15.7. The summed E-state index contributed by atoms with van der Waals surface area (Å²) in [5, 5.41) is 5.25. The highest BCUT2D eigenvalue weighted by Crippen LogP contribution is 2.32. The smallest absolute Gasteiger partial charge is 0.320 e. The molecule has 3 rings (SSSR count). The number of anilines is 1. The van der Waals surface area contributed by atoms with Gasteiger partial charge in [0, 0.05) is 19.2 Å². The first kappa shape index (κ1) is 19.6. The molecule has 0 unspecified atom stereocenters. The van der Waals surface area contributed by atoms with Gasteiger partial charge in [-0.05, 0) is 43.7 Å².